The van der Waals surface area contributed by atoms with Gasteiger partial charge in [0, 0.05) is 18.7 Å². The van der Waals surface area contributed by atoms with Crippen molar-refractivity contribution in [2.45, 2.75) is 19.6 Å². The Morgan fingerprint density at radius 2 is 2.08 bits per heavy atom. The topological polar surface area (TPSA) is 60.2 Å². The zero-order valence-corrected chi connectivity index (χ0v) is 14.4. The summed E-state index contributed by atoms with van der Waals surface area (Å²) in [6, 6.07) is 11.7. The third-order valence-electron chi connectivity index (χ3n) is 4.66. The fourth-order valence-corrected chi connectivity index (χ4v) is 3.23. The zero-order chi connectivity index (χ0) is 18.1. The van der Waals surface area contributed by atoms with Crippen LogP contribution in [0.15, 0.2) is 42.5 Å². The van der Waals surface area contributed by atoms with E-state index < -0.39 is 0 Å². The summed E-state index contributed by atoms with van der Waals surface area (Å²) in [6.45, 7) is 4.13. The lowest BCUT2D eigenvalue weighted by molar-refractivity contribution is -0.0228. The number of aryl methyl sites for hydroxylation is 1. The molecule has 4 rings (SSSR count). The first-order chi connectivity index (χ1) is 12.7. The number of halogens is 1. The van der Waals surface area contributed by atoms with Crippen LogP contribution in [0.3, 0.4) is 0 Å². The first-order valence-corrected chi connectivity index (χ1v) is 8.65. The van der Waals surface area contributed by atoms with Crippen LogP contribution in [0.5, 0.6) is 0 Å². The number of carbonyl (C=O) groups is 1. The van der Waals surface area contributed by atoms with Gasteiger partial charge in [-0.15, -0.1) is 5.10 Å². The molecule has 1 aliphatic heterocycles. The van der Waals surface area contributed by atoms with Gasteiger partial charge in [-0.1, -0.05) is 17.3 Å². The van der Waals surface area contributed by atoms with Crippen molar-refractivity contribution in [2.75, 3.05) is 19.7 Å². The van der Waals surface area contributed by atoms with Crippen LogP contribution in [0.25, 0.3) is 11.0 Å². The molecule has 3 aromatic rings. The number of rotatable bonds is 3. The van der Waals surface area contributed by atoms with Gasteiger partial charge in [0.25, 0.3) is 5.91 Å². The minimum absolute atomic E-state index is 0.0617. The van der Waals surface area contributed by atoms with Gasteiger partial charge < -0.3 is 9.64 Å². The van der Waals surface area contributed by atoms with Crippen LogP contribution >= 0.6 is 0 Å². The number of nitrogens with zero attached hydrogens (tertiary/aromatic N) is 4. The second-order valence-electron chi connectivity index (χ2n) is 6.27. The van der Waals surface area contributed by atoms with Crippen molar-refractivity contribution >= 4 is 16.9 Å². The number of ether oxygens (including phenoxy) is 1. The zero-order valence-electron chi connectivity index (χ0n) is 14.4. The van der Waals surface area contributed by atoms with Crippen molar-refractivity contribution in [3.63, 3.8) is 0 Å². The number of benzene rings is 2. The van der Waals surface area contributed by atoms with E-state index in [1.54, 1.807) is 27.8 Å². The average molecular weight is 354 g/mol. The smallest absolute Gasteiger partial charge is 0.254 e. The van der Waals surface area contributed by atoms with E-state index in [2.05, 4.69) is 10.3 Å². The Morgan fingerprint density at radius 3 is 2.85 bits per heavy atom. The van der Waals surface area contributed by atoms with Crippen molar-refractivity contribution in [1.82, 2.24) is 19.9 Å². The normalized spacial score (nSPS) is 17.6. The largest absolute Gasteiger partial charge is 0.370 e. The van der Waals surface area contributed by atoms with E-state index in [1.165, 1.54) is 12.1 Å². The molecular formula is C19H19FN4O2. The summed E-state index contributed by atoms with van der Waals surface area (Å²) in [5, 5.41) is 8.21. The number of carbonyl (C=O) groups excluding carboxylic acids is 1. The van der Waals surface area contributed by atoms with E-state index in [-0.39, 0.29) is 17.8 Å². The van der Waals surface area contributed by atoms with Gasteiger partial charge in [-0.05, 0) is 42.8 Å². The Bertz CT molecular complexity index is 938. The molecule has 1 unspecified atom stereocenters. The van der Waals surface area contributed by atoms with Crippen LogP contribution < -0.4 is 0 Å². The molecule has 0 saturated carbocycles. The number of amides is 1. The quantitative estimate of drug-likeness (QED) is 0.726. The summed E-state index contributed by atoms with van der Waals surface area (Å²) in [6.07, 6.45) is -0.252. The third kappa shape index (κ3) is 3.06. The lowest BCUT2D eigenvalue weighted by Crippen LogP contribution is -2.42. The fourth-order valence-electron chi connectivity index (χ4n) is 3.23. The SMILES string of the molecule is CCn1nnc2cc(C(=O)N3CCOC(c4ccc(F)cc4)C3)ccc21. The summed E-state index contributed by atoms with van der Waals surface area (Å²) in [5.74, 6) is -0.348. The molecule has 1 saturated heterocycles. The maximum atomic E-state index is 13.1. The van der Waals surface area contributed by atoms with Crippen LogP contribution in [0.1, 0.15) is 28.9 Å². The predicted molar refractivity (Wildman–Crippen MR) is 94.2 cm³/mol. The fraction of sp³-hybridized carbons (Fsp3) is 0.316. The first kappa shape index (κ1) is 16.7. The van der Waals surface area contributed by atoms with E-state index in [0.29, 0.717) is 30.8 Å². The molecule has 0 radical (unpaired) electrons. The van der Waals surface area contributed by atoms with Crippen molar-refractivity contribution in [1.29, 1.82) is 0 Å². The molecule has 1 fully saturated rings. The lowest BCUT2D eigenvalue weighted by atomic mass is 10.1. The maximum Gasteiger partial charge on any atom is 0.254 e. The highest BCUT2D eigenvalue weighted by molar-refractivity contribution is 5.97. The molecule has 26 heavy (non-hydrogen) atoms. The Balaban J connectivity index is 1.54. The Kier molecular flexibility index (Phi) is 4.38. The van der Waals surface area contributed by atoms with E-state index in [9.17, 15) is 9.18 Å². The molecule has 6 nitrogen and oxygen atoms in total. The highest BCUT2D eigenvalue weighted by Crippen LogP contribution is 2.24. The number of hydrogen-bond acceptors (Lipinski definition) is 4. The summed E-state index contributed by atoms with van der Waals surface area (Å²) in [7, 11) is 0. The van der Waals surface area contributed by atoms with E-state index in [0.717, 1.165) is 17.6 Å². The minimum Gasteiger partial charge on any atom is -0.370 e. The molecule has 1 aromatic heterocycles. The van der Waals surface area contributed by atoms with Crippen LogP contribution in [-0.4, -0.2) is 45.5 Å². The van der Waals surface area contributed by atoms with Crippen molar-refractivity contribution in [3.8, 4) is 0 Å². The lowest BCUT2D eigenvalue weighted by Gasteiger charge is -2.33. The van der Waals surface area contributed by atoms with Gasteiger partial charge in [0.2, 0.25) is 0 Å². The Morgan fingerprint density at radius 1 is 1.27 bits per heavy atom. The highest BCUT2D eigenvalue weighted by Gasteiger charge is 2.26. The average Bonchev–Trinajstić information content (AvgIpc) is 3.10. The van der Waals surface area contributed by atoms with Gasteiger partial charge in [-0.25, -0.2) is 9.07 Å². The van der Waals surface area contributed by atoms with Gasteiger partial charge in [-0.3, -0.25) is 4.79 Å². The number of fused-ring (bicyclic) bond motifs is 1. The van der Waals surface area contributed by atoms with Gasteiger partial charge >= 0.3 is 0 Å². The molecule has 2 heterocycles. The molecule has 2 aromatic carbocycles. The van der Waals surface area contributed by atoms with Crippen molar-refractivity contribution < 1.29 is 13.9 Å². The second kappa shape index (κ2) is 6.84. The minimum atomic E-state index is -0.286. The predicted octanol–water partition coefficient (Wildman–Crippen LogP) is 2.80. The number of hydrogen-bond donors (Lipinski definition) is 0. The summed E-state index contributed by atoms with van der Waals surface area (Å²) in [4.78, 5) is 14.7. The summed E-state index contributed by atoms with van der Waals surface area (Å²) >= 11 is 0. The van der Waals surface area contributed by atoms with Gasteiger partial charge in [0.05, 0.1) is 18.7 Å². The Hall–Kier alpha value is -2.80. The molecule has 134 valence electrons. The highest BCUT2D eigenvalue weighted by atomic mass is 19.1. The van der Waals surface area contributed by atoms with Crippen LogP contribution in [-0.2, 0) is 11.3 Å². The van der Waals surface area contributed by atoms with Gasteiger partial charge in [0.1, 0.15) is 17.4 Å². The van der Waals surface area contributed by atoms with E-state index in [4.69, 9.17) is 4.74 Å². The van der Waals surface area contributed by atoms with E-state index >= 15 is 0 Å². The molecule has 0 aliphatic carbocycles. The standard InChI is InChI=1S/C19H19FN4O2/c1-2-24-17-8-5-14(11-16(17)21-22-24)19(25)23-9-10-26-18(12-23)13-3-6-15(20)7-4-13/h3-8,11,18H,2,9-10,12H2,1H3. The summed E-state index contributed by atoms with van der Waals surface area (Å²) in [5.41, 5.74) is 3.07. The monoisotopic (exact) mass is 354 g/mol. The van der Waals surface area contributed by atoms with Crippen molar-refractivity contribution in [3.05, 3.63) is 59.4 Å². The second-order valence-corrected chi connectivity index (χ2v) is 6.27. The molecule has 1 amide bonds. The molecule has 7 heteroatoms. The number of morpholine rings is 1. The van der Waals surface area contributed by atoms with Crippen LogP contribution in [0.2, 0.25) is 0 Å². The third-order valence-corrected chi connectivity index (χ3v) is 4.66. The first-order valence-electron chi connectivity index (χ1n) is 8.65. The van der Waals surface area contributed by atoms with E-state index in [1.807, 2.05) is 19.1 Å². The van der Waals surface area contributed by atoms with Crippen LogP contribution in [0, 0.1) is 5.82 Å². The molecule has 1 atom stereocenters. The molecule has 0 bridgehead atoms. The molecular weight excluding hydrogens is 335 g/mol. The molecule has 1 aliphatic rings. The molecule has 0 spiro atoms. The summed E-state index contributed by atoms with van der Waals surface area (Å²) < 4.78 is 20.7. The van der Waals surface area contributed by atoms with Gasteiger partial charge in [0.15, 0.2) is 0 Å². The number of aromatic nitrogens is 3. The van der Waals surface area contributed by atoms with Crippen LogP contribution in [0.4, 0.5) is 4.39 Å². The van der Waals surface area contributed by atoms with Crippen molar-refractivity contribution in [2.24, 2.45) is 0 Å². The maximum absolute atomic E-state index is 13.1. The Labute approximate surface area is 150 Å². The molecule has 0 N–H and O–H groups in total. The van der Waals surface area contributed by atoms with Gasteiger partial charge in [-0.2, -0.15) is 0 Å².